The van der Waals surface area contributed by atoms with E-state index in [9.17, 15) is 12.8 Å². The number of furan rings is 1. The summed E-state index contributed by atoms with van der Waals surface area (Å²) >= 11 is 0. The van der Waals surface area contributed by atoms with Crippen LogP contribution in [-0.4, -0.2) is 34.4 Å². The lowest BCUT2D eigenvalue weighted by Crippen LogP contribution is -2.35. The van der Waals surface area contributed by atoms with Crippen molar-refractivity contribution in [3.63, 3.8) is 0 Å². The Morgan fingerprint density at radius 1 is 1.25 bits per heavy atom. The number of sulfonamides is 1. The molecule has 0 spiro atoms. The molecule has 28 heavy (non-hydrogen) atoms. The van der Waals surface area contributed by atoms with Crippen molar-refractivity contribution in [2.75, 3.05) is 6.54 Å². The van der Waals surface area contributed by atoms with Crippen LogP contribution in [-0.2, 0) is 23.0 Å². The summed E-state index contributed by atoms with van der Waals surface area (Å²) in [7, 11) is -3.76. The van der Waals surface area contributed by atoms with Gasteiger partial charge in [-0.15, -0.1) is 0 Å². The van der Waals surface area contributed by atoms with Crippen LogP contribution in [0.2, 0.25) is 0 Å². The molecule has 0 atom stereocenters. The molecule has 0 unspecified atom stereocenters. The third kappa shape index (κ3) is 2.58. The first kappa shape index (κ1) is 17.2. The minimum Gasteiger partial charge on any atom is -0.458 e. The molecule has 1 aromatic carbocycles. The lowest BCUT2D eigenvalue weighted by atomic mass is 10.1. The van der Waals surface area contributed by atoms with Crippen molar-refractivity contribution in [2.45, 2.75) is 24.8 Å². The molecule has 0 amide bonds. The van der Waals surface area contributed by atoms with Crippen molar-refractivity contribution in [1.82, 2.24) is 19.5 Å². The van der Waals surface area contributed by atoms with Crippen LogP contribution < -0.4 is 0 Å². The Bertz CT molecular complexity index is 1290. The van der Waals surface area contributed by atoms with Gasteiger partial charge in [-0.25, -0.2) is 12.8 Å². The van der Waals surface area contributed by atoms with Gasteiger partial charge in [0.25, 0.3) is 0 Å². The molecule has 0 fully saturated rings. The summed E-state index contributed by atoms with van der Waals surface area (Å²) in [6, 6.07) is 7.74. The lowest BCUT2D eigenvalue weighted by molar-refractivity contribution is 0.389. The first-order valence-corrected chi connectivity index (χ1v) is 10.3. The molecule has 4 heterocycles. The number of fused-ring (bicyclic) bond motifs is 3. The first-order valence-electron chi connectivity index (χ1n) is 8.83. The highest BCUT2D eigenvalue weighted by molar-refractivity contribution is 7.89. The van der Waals surface area contributed by atoms with Crippen LogP contribution in [0, 0.1) is 12.7 Å². The number of halogens is 1. The molecule has 4 aromatic rings. The number of hydrogen-bond donors (Lipinski definition) is 2. The molecule has 1 aliphatic rings. The molecule has 1 aliphatic heterocycles. The Morgan fingerprint density at radius 3 is 2.89 bits per heavy atom. The number of H-pyrrole nitrogens is 2. The zero-order valence-electron chi connectivity index (χ0n) is 15.0. The predicted octanol–water partition coefficient (Wildman–Crippen LogP) is 3.35. The zero-order chi connectivity index (χ0) is 19.5. The van der Waals surface area contributed by atoms with Crippen LogP contribution in [0.4, 0.5) is 4.39 Å². The highest BCUT2D eigenvalue weighted by Gasteiger charge is 2.33. The molecular formula is C19H17FN4O3S. The van der Waals surface area contributed by atoms with Crippen LogP contribution in [0.3, 0.4) is 0 Å². The first-order chi connectivity index (χ1) is 13.4. The van der Waals surface area contributed by atoms with E-state index in [0.717, 1.165) is 22.2 Å². The normalized spacial score (nSPS) is 15.2. The smallest absolute Gasteiger partial charge is 0.246 e. The fourth-order valence-corrected chi connectivity index (χ4v) is 5.32. The van der Waals surface area contributed by atoms with Gasteiger partial charge in [-0.1, -0.05) is 0 Å². The molecule has 0 aliphatic carbocycles. The standard InChI is InChI=1S/C19H17FN4O3S/c1-11-19(9-18(27-11)17-4-6-21-23-17)28(25,26)24-7-5-16-14(10-24)13-8-12(20)2-3-15(13)22-16/h2-4,6,8-9,22H,5,7,10H2,1H3,(H,21,23). The summed E-state index contributed by atoms with van der Waals surface area (Å²) in [4.78, 5) is 3.40. The van der Waals surface area contributed by atoms with Crippen molar-refractivity contribution in [3.05, 3.63) is 59.4 Å². The Labute approximate surface area is 160 Å². The van der Waals surface area contributed by atoms with E-state index >= 15 is 0 Å². The molecule has 0 radical (unpaired) electrons. The Hall–Kier alpha value is -2.91. The quantitative estimate of drug-likeness (QED) is 0.551. The topological polar surface area (TPSA) is 95.0 Å². The fraction of sp³-hybridized carbons (Fsp3) is 0.211. The van der Waals surface area contributed by atoms with Crippen LogP contribution in [0.15, 0.2) is 45.8 Å². The van der Waals surface area contributed by atoms with E-state index in [1.54, 1.807) is 25.3 Å². The van der Waals surface area contributed by atoms with Crippen molar-refractivity contribution in [2.24, 2.45) is 0 Å². The Morgan fingerprint density at radius 2 is 2.11 bits per heavy atom. The second kappa shape index (κ2) is 6.05. The number of aromatic nitrogens is 3. The number of benzene rings is 1. The predicted molar refractivity (Wildman–Crippen MR) is 101 cm³/mol. The van der Waals surface area contributed by atoms with Crippen molar-refractivity contribution >= 4 is 20.9 Å². The molecule has 0 saturated carbocycles. The molecule has 2 N–H and O–H groups in total. The Balaban J connectivity index is 1.53. The second-order valence-corrected chi connectivity index (χ2v) is 8.77. The van der Waals surface area contributed by atoms with Crippen molar-refractivity contribution in [3.8, 4) is 11.5 Å². The fourth-order valence-electron chi connectivity index (χ4n) is 3.75. The van der Waals surface area contributed by atoms with E-state index in [0.29, 0.717) is 30.2 Å². The molecule has 0 saturated heterocycles. The van der Waals surface area contributed by atoms with Gasteiger partial charge < -0.3 is 9.40 Å². The number of aromatic amines is 2. The highest BCUT2D eigenvalue weighted by atomic mass is 32.2. The summed E-state index contributed by atoms with van der Waals surface area (Å²) in [5, 5.41) is 7.35. The minimum atomic E-state index is -3.76. The third-order valence-corrected chi connectivity index (χ3v) is 7.11. The lowest BCUT2D eigenvalue weighted by Gasteiger charge is -2.26. The molecule has 0 bridgehead atoms. The van der Waals surface area contributed by atoms with Crippen LogP contribution >= 0.6 is 0 Å². The number of rotatable bonds is 3. The van der Waals surface area contributed by atoms with Crippen molar-refractivity contribution < 1.29 is 17.2 Å². The van der Waals surface area contributed by atoms with Crippen molar-refractivity contribution in [1.29, 1.82) is 0 Å². The van der Waals surface area contributed by atoms with Gasteiger partial charge in [0.05, 0.1) is 0 Å². The van der Waals surface area contributed by atoms with Gasteiger partial charge in [0.2, 0.25) is 10.0 Å². The van der Waals surface area contributed by atoms with Crippen LogP contribution in [0.5, 0.6) is 0 Å². The van der Waals surface area contributed by atoms with Gasteiger partial charge in [0.1, 0.15) is 22.2 Å². The van der Waals surface area contributed by atoms with E-state index in [4.69, 9.17) is 4.42 Å². The van der Waals surface area contributed by atoms with Gasteiger partial charge in [-0.2, -0.15) is 9.40 Å². The zero-order valence-corrected chi connectivity index (χ0v) is 15.8. The van der Waals surface area contributed by atoms with E-state index in [1.165, 1.54) is 22.5 Å². The molecule has 144 valence electrons. The molecule has 9 heteroatoms. The number of nitrogens with one attached hydrogen (secondary N) is 2. The maximum atomic E-state index is 13.7. The van der Waals surface area contributed by atoms with Crippen LogP contribution in [0.25, 0.3) is 22.4 Å². The summed E-state index contributed by atoms with van der Waals surface area (Å²) in [5.74, 6) is 0.393. The van der Waals surface area contributed by atoms with Crippen LogP contribution in [0.1, 0.15) is 17.0 Å². The highest BCUT2D eigenvalue weighted by Crippen LogP contribution is 2.34. The van der Waals surface area contributed by atoms with E-state index in [2.05, 4.69) is 15.2 Å². The van der Waals surface area contributed by atoms with Gasteiger partial charge in [-0.05, 0) is 36.8 Å². The minimum absolute atomic E-state index is 0.131. The van der Waals surface area contributed by atoms with Gasteiger partial charge in [-0.3, -0.25) is 5.10 Å². The van der Waals surface area contributed by atoms with E-state index in [1.807, 2.05) is 0 Å². The average Bonchev–Trinajstić information content (AvgIpc) is 3.39. The molecule has 3 aromatic heterocycles. The number of hydrogen-bond acceptors (Lipinski definition) is 4. The van der Waals surface area contributed by atoms with E-state index in [-0.39, 0.29) is 17.3 Å². The van der Waals surface area contributed by atoms with Gasteiger partial charge in [0, 0.05) is 48.4 Å². The summed E-state index contributed by atoms with van der Waals surface area (Å²) in [6.07, 6.45) is 2.11. The summed E-state index contributed by atoms with van der Waals surface area (Å²) in [6.45, 7) is 2.16. The molecule has 7 nitrogen and oxygen atoms in total. The summed E-state index contributed by atoms with van der Waals surface area (Å²) in [5.41, 5.74) is 3.19. The molecule has 5 rings (SSSR count). The van der Waals surface area contributed by atoms with Gasteiger partial charge in [0.15, 0.2) is 5.76 Å². The SMILES string of the molecule is Cc1oc(-c2ccn[nH]2)cc1S(=O)(=O)N1CCc2[nH]c3ccc(F)cc3c2C1. The third-order valence-electron chi connectivity index (χ3n) is 5.16. The maximum absolute atomic E-state index is 13.7. The summed E-state index contributed by atoms with van der Waals surface area (Å²) < 4.78 is 47.3. The second-order valence-electron chi connectivity index (χ2n) is 6.86. The monoisotopic (exact) mass is 400 g/mol. The Kier molecular flexibility index (Phi) is 3.72. The largest absolute Gasteiger partial charge is 0.458 e. The maximum Gasteiger partial charge on any atom is 0.246 e. The van der Waals surface area contributed by atoms with E-state index < -0.39 is 10.0 Å². The average molecular weight is 400 g/mol. The van der Waals surface area contributed by atoms with Gasteiger partial charge >= 0.3 is 0 Å². The number of aryl methyl sites for hydroxylation is 1. The molecular weight excluding hydrogens is 383 g/mol. The number of nitrogens with zero attached hydrogens (tertiary/aromatic N) is 2.